The zero-order valence-corrected chi connectivity index (χ0v) is 12.4. The van der Waals surface area contributed by atoms with Crippen molar-refractivity contribution in [1.29, 1.82) is 0 Å². The van der Waals surface area contributed by atoms with E-state index in [9.17, 15) is 13.2 Å². The van der Waals surface area contributed by atoms with Gasteiger partial charge in [-0.3, -0.25) is 4.68 Å². The summed E-state index contributed by atoms with van der Waals surface area (Å²) in [5.41, 5.74) is 0.265. The number of furan rings is 1. The lowest BCUT2D eigenvalue weighted by Gasteiger charge is -2.15. The summed E-state index contributed by atoms with van der Waals surface area (Å²) in [6.07, 6.45) is 3.32. The number of aromatic nitrogens is 2. The van der Waals surface area contributed by atoms with Gasteiger partial charge < -0.3 is 9.52 Å². The van der Waals surface area contributed by atoms with Crippen LogP contribution in [0.2, 0.25) is 0 Å². The van der Waals surface area contributed by atoms with E-state index < -0.39 is 16.0 Å². The molecule has 114 valence electrons. The van der Waals surface area contributed by atoms with Gasteiger partial charge >= 0.3 is 5.97 Å². The Bertz CT molecular complexity index is 733. The third-order valence-electron chi connectivity index (χ3n) is 2.96. The maximum Gasteiger partial charge on any atom is 0.372 e. The van der Waals surface area contributed by atoms with Gasteiger partial charge in [0.05, 0.1) is 6.54 Å². The first-order valence-corrected chi connectivity index (χ1v) is 7.54. The molecule has 0 bridgehead atoms. The lowest BCUT2D eigenvalue weighted by Crippen LogP contribution is -2.30. The van der Waals surface area contributed by atoms with Crippen molar-refractivity contribution in [2.24, 2.45) is 0 Å². The molecule has 0 spiro atoms. The Morgan fingerprint density at radius 1 is 1.52 bits per heavy atom. The standard InChI is InChI=1S/C12H15N3O5S/c1-9-8-10(20-11(9)12(16)17)21(18,19)14(2)6-7-15-5-3-4-13-15/h3-5,8H,6-7H2,1-2H3,(H,16,17). The number of aromatic carboxylic acids is 1. The lowest BCUT2D eigenvalue weighted by molar-refractivity contribution is 0.0655. The molecule has 2 aromatic heterocycles. The minimum atomic E-state index is -3.87. The van der Waals surface area contributed by atoms with Gasteiger partial charge in [-0.2, -0.15) is 9.40 Å². The van der Waals surface area contributed by atoms with E-state index in [-0.39, 0.29) is 23.0 Å². The van der Waals surface area contributed by atoms with Crippen LogP contribution >= 0.6 is 0 Å². The zero-order chi connectivity index (χ0) is 15.6. The van der Waals surface area contributed by atoms with Gasteiger partial charge in [-0.15, -0.1) is 0 Å². The first kappa shape index (κ1) is 15.3. The van der Waals surface area contributed by atoms with E-state index in [2.05, 4.69) is 5.10 Å². The van der Waals surface area contributed by atoms with Crippen molar-refractivity contribution in [2.45, 2.75) is 18.6 Å². The summed E-state index contributed by atoms with van der Waals surface area (Å²) in [6.45, 7) is 2.05. The van der Waals surface area contributed by atoms with E-state index in [0.717, 1.165) is 4.31 Å². The van der Waals surface area contributed by atoms with Crippen LogP contribution in [0.15, 0.2) is 34.0 Å². The molecule has 2 rings (SSSR count). The molecule has 21 heavy (non-hydrogen) atoms. The molecule has 0 aliphatic rings. The van der Waals surface area contributed by atoms with Crippen LogP contribution in [0.3, 0.4) is 0 Å². The van der Waals surface area contributed by atoms with Crippen molar-refractivity contribution in [1.82, 2.24) is 14.1 Å². The molecule has 9 heteroatoms. The Hall–Kier alpha value is -2.13. The largest absolute Gasteiger partial charge is 0.475 e. The summed E-state index contributed by atoms with van der Waals surface area (Å²) in [5.74, 6) is -1.66. The monoisotopic (exact) mass is 313 g/mol. The molecule has 2 heterocycles. The van der Waals surface area contributed by atoms with Gasteiger partial charge in [0, 0.05) is 37.6 Å². The number of nitrogens with zero attached hydrogens (tertiary/aromatic N) is 3. The maximum absolute atomic E-state index is 12.3. The summed E-state index contributed by atoms with van der Waals surface area (Å²) in [7, 11) is -2.47. The van der Waals surface area contributed by atoms with Crippen LogP contribution in [-0.2, 0) is 16.6 Å². The highest BCUT2D eigenvalue weighted by atomic mass is 32.2. The van der Waals surface area contributed by atoms with E-state index in [4.69, 9.17) is 9.52 Å². The fourth-order valence-corrected chi connectivity index (χ4v) is 2.89. The summed E-state index contributed by atoms with van der Waals surface area (Å²) in [6, 6.07) is 2.95. The van der Waals surface area contributed by atoms with E-state index in [1.54, 1.807) is 23.1 Å². The van der Waals surface area contributed by atoms with Crippen LogP contribution in [-0.4, -0.2) is 47.2 Å². The van der Waals surface area contributed by atoms with Crippen molar-refractivity contribution in [3.8, 4) is 0 Å². The molecule has 0 unspecified atom stereocenters. The van der Waals surface area contributed by atoms with E-state index in [1.807, 2.05) is 0 Å². The molecule has 0 saturated heterocycles. The third kappa shape index (κ3) is 3.14. The highest BCUT2D eigenvalue weighted by Crippen LogP contribution is 2.21. The maximum atomic E-state index is 12.3. The second-order valence-corrected chi connectivity index (χ2v) is 6.45. The minimum Gasteiger partial charge on any atom is -0.475 e. The normalized spacial score (nSPS) is 12.0. The summed E-state index contributed by atoms with van der Waals surface area (Å²) in [4.78, 5) is 10.9. The number of hydrogen-bond acceptors (Lipinski definition) is 5. The Labute approximate surface area is 121 Å². The quantitative estimate of drug-likeness (QED) is 0.845. The van der Waals surface area contributed by atoms with Crippen molar-refractivity contribution in [3.63, 3.8) is 0 Å². The predicted molar refractivity (Wildman–Crippen MR) is 72.4 cm³/mol. The van der Waals surface area contributed by atoms with Crippen LogP contribution in [0, 0.1) is 6.92 Å². The topological polar surface area (TPSA) is 106 Å². The molecule has 8 nitrogen and oxygen atoms in total. The predicted octanol–water partition coefficient (Wildman–Crippen LogP) is 0.803. The van der Waals surface area contributed by atoms with E-state index in [1.165, 1.54) is 20.0 Å². The molecule has 0 atom stereocenters. The van der Waals surface area contributed by atoms with Crippen LogP contribution in [0.1, 0.15) is 16.1 Å². The number of sulfonamides is 1. The molecule has 0 radical (unpaired) electrons. The average molecular weight is 313 g/mol. The molecule has 0 saturated carbocycles. The van der Waals surface area contributed by atoms with Crippen molar-refractivity contribution < 1.29 is 22.7 Å². The number of rotatable bonds is 6. The third-order valence-corrected chi connectivity index (χ3v) is 4.67. The lowest BCUT2D eigenvalue weighted by atomic mass is 10.3. The van der Waals surface area contributed by atoms with Gasteiger partial charge in [0.15, 0.2) is 0 Å². The van der Waals surface area contributed by atoms with Crippen molar-refractivity contribution >= 4 is 16.0 Å². The van der Waals surface area contributed by atoms with E-state index in [0.29, 0.717) is 6.54 Å². The number of aryl methyl sites for hydroxylation is 1. The Kier molecular flexibility index (Phi) is 4.14. The number of carboxylic acid groups (broad SMARTS) is 1. The SMILES string of the molecule is Cc1cc(S(=O)(=O)N(C)CCn2cccn2)oc1C(=O)O. The van der Waals surface area contributed by atoms with Crippen LogP contribution in [0.5, 0.6) is 0 Å². The fourth-order valence-electron chi connectivity index (χ4n) is 1.74. The van der Waals surface area contributed by atoms with Crippen LogP contribution in [0.25, 0.3) is 0 Å². The summed E-state index contributed by atoms with van der Waals surface area (Å²) < 4.78 is 32.2. The Morgan fingerprint density at radius 2 is 2.24 bits per heavy atom. The second kappa shape index (κ2) is 5.70. The van der Waals surface area contributed by atoms with Crippen molar-refractivity contribution in [2.75, 3.05) is 13.6 Å². The number of carbonyl (C=O) groups is 1. The Morgan fingerprint density at radius 3 is 2.76 bits per heavy atom. The molecule has 1 N–H and O–H groups in total. The van der Waals surface area contributed by atoms with Crippen LogP contribution < -0.4 is 0 Å². The molecular weight excluding hydrogens is 298 g/mol. The first-order valence-electron chi connectivity index (χ1n) is 6.10. The molecule has 2 aromatic rings. The highest BCUT2D eigenvalue weighted by Gasteiger charge is 2.27. The van der Waals surface area contributed by atoms with Gasteiger partial charge in [0.1, 0.15) is 0 Å². The van der Waals surface area contributed by atoms with E-state index >= 15 is 0 Å². The number of hydrogen-bond donors (Lipinski definition) is 1. The van der Waals surface area contributed by atoms with Gasteiger partial charge in [0.2, 0.25) is 10.9 Å². The number of carboxylic acids is 1. The molecule has 0 aromatic carbocycles. The molecule has 0 aliphatic carbocycles. The first-order chi connectivity index (χ1) is 9.82. The summed E-state index contributed by atoms with van der Waals surface area (Å²) >= 11 is 0. The molecular formula is C12H15N3O5S. The van der Waals surface area contributed by atoms with Crippen LogP contribution in [0.4, 0.5) is 0 Å². The summed E-state index contributed by atoms with van der Waals surface area (Å²) in [5, 5.41) is 12.5. The van der Waals surface area contributed by atoms with Gasteiger partial charge in [-0.25, -0.2) is 13.2 Å². The minimum absolute atomic E-state index is 0.187. The smallest absolute Gasteiger partial charge is 0.372 e. The highest BCUT2D eigenvalue weighted by molar-refractivity contribution is 7.89. The second-order valence-electron chi connectivity index (χ2n) is 4.48. The molecule has 0 amide bonds. The van der Waals surface area contributed by atoms with Gasteiger partial charge in [-0.05, 0) is 13.0 Å². The average Bonchev–Trinajstić information content (AvgIpc) is 3.04. The molecule has 0 aliphatic heterocycles. The van der Waals surface area contributed by atoms with Gasteiger partial charge in [0.25, 0.3) is 10.0 Å². The zero-order valence-electron chi connectivity index (χ0n) is 11.6. The molecule has 0 fully saturated rings. The fraction of sp³-hybridized carbons (Fsp3) is 0.333. The van der Waals surface area contributed by atoms with Gasteiger partial charge in [-0.1, -0.05) is 0 Å². The number of likely N-dealkylation sites (N-methyl/N-ethyl adjacent to an activating group) is 1. The Balaban J connectivity index is 2.16. The van der Waals surface area contributed by atoms with Crippen molar-refractivity contribution in [3.05, 3.63) is 35.9 Å².